The molecule has 1 aliphatic rings. The second-order valence-electron chi connectivity index (χ2n) is 8.68. The molecule has 0 aliphatic carbocycles. The number of nitrogens with zero attached hydrogens (tertiary/aromatic N) is 1. The summed E-state index contributed by atoms with van der Waals surface area (Å²) in [5, 5.41) is 16.2. The summed E-state index contributed by atoms with van der Waals surface area (Å²) in [4.78, 5) is 14.8. The van der Waals surface area contributed by atoms with Crippen LogP contribution < -0.4 is 10.6 Å². The fraction of sp³-hybridized carbons (Fsp3) is 0.391. The number of rotatable bonds is 4. The number of carbonyl (C=O) groups excluding carboxylic acids is 1. The second kappa shape index (κ2) is 7.98. The Kier molecular flexibility index (Phi) is 5.83. The summed E-state index contributed by atoms with van der Waals surface area (Å²) in [7, 11) is 0. The lowest BCUT2D eigenvalue weighted by atomic mass is 9.79. The summed E-state index contributed by atoms with van der Waals surface area (Å²) in [5.41, 5.74) is 1.21. The van der Waals surface area contributed by atoms with Crippen LogP contribution in [0.3, 0.4) is 0 Å². The van der Waals surface area contributed by atoms with Crippen LogP contribution in [0.1, 0.15) is 56.5 Å². The average molecular weight is 394 g/mol. The van der Waals surface area contributed by atoms with Crippen LogP contribution in [0.15, 0.2) is 58.3 Å². The summed E-state index contributed by atoms with van der Waals surface area (Å²) < 4.78 is 0. The Morgan fingerprint density at radius 3 is 2.25 bits per heavy atom. The molecule has 2 N–H and O–H groups in total. The lowest BCUT2D eigenvalue weighted by Gasteiger charge is -2.46. The highest BCUT2D eigenvalue weighted by molar-refractivity contribution is 7.99. The molecule has 1 amide bonds. The number of hydrogen-bond acceptors (Lipinski definition) is 4. The third-order valence-corrected chi connectivity index (χ3v) is 6.04. The van der Waals surface area contributed by atoms with Crippen LogP contribution >= 0.6 is 11.8 Å². The van der Waals surface area contributed by atoms with Gasteiger partial charge in [0.05, 0.1) is 11.1 Å². The Hall–Kier alpha value is -2.29. The number of hydrogen-bond donors (Lipinski definition) is 2. The second-order valence-corrected chi connectivity index (χ2v) is 9.76. The van der Waals surface area contributed by atoms with Crippen LogP contribution in [-0.2, 0) is 0 Å². The van der Waals surface area contributed by atoms with Crippen molar-refractivity contribution < 1.29 is 4.79 Å². The molecule has 1 heterocycles. The van der Waals surface area contributed by atoms with Crippen LogP contribution in [-0.4, -0.2) is 23.0 Å². The van der Waals surface area contributed by atoms with E-state index in [0.29, 0.717) is 11.1 Å². The number of nitriles is 1. The van der Waals surface area contributed by atoms with Gasteiger partial charge in [-0.15, -0.1) is 0 Å². The van der Waals surface area contributed by atoms with E-state index in [4.69, 9.17) is 0 Å². The van der Waals surface area contributed by atoms with Gasteiger partial charge in [0, 0.05) is 26.9 Å². The minimum atomic E-state index is -0.0592. The van der Waals surface area contributed by atoms with E-state index in [9.17, 15) is 10.1 Å². The Labute approximate surface area is 171 Å². The van der Waals surface area contributed by atoms with Crippen molar-refractivity contribution in [3.05, 3.63) is 59.7 Å². The monoisotopic (exact) mass is 393 g/mol. The average Bonchev–Trinajstić information content (AvgIpc) is 2.60. The van der Waals surface area contributed by atoms with Crippen molar-refractivity contribution in [3.8, 4) is 6.07 Å². The first kappa shape index (κ1) is 20.4. The third-order valence-electron chi connectivity index (χ3n) is 4.88. The zero-order valence-corrected chi connectivity index (χ0v) is 17.7. The van der Waals surface area contributed by atoms with Crippen LogP contribution in [0.25, 0.3) is 0 Å². The Morgan fingerprint density at radius 2 is 1.61 bits per heavy atom. The highest BCUT2D eigenvalue weighted by atomic mass is 32.2. The van der Waals surface area contributed by atoms with E-state index >= 15 is 0 Å². The smallest absolute Gasteiger partial charge is 0.252 e. The van der Waals surface area contributed by atoms with Gasteiger partial charge in [0.25, 0.3) is 5.91 Å². The molecule has 146 valence electrons. The van der Waals surface area contributed by atoms with E-state index in [0.717, 1.165) is 22.6 Å². The normalized spacial score (nSPS) is 18.2. The third kappa shape index (κ3) is 4.95. The van der Waals surface area contributed by atoms with Crippen molar-refractivity contribution in [2.75, 3.05) is 0 Å². The molecule has 0 spiro atoms. The first-order chi connectivity index (χ1) is 13.2. The van der Waals surface area contributed by atoms with Crippen molar-refractivity contribution in [1.82, 2.24) is 10.6 Å². The lowest BCUT2D eigenvalue weighted by Crippen LogP contribution is -2.62. The van der Waals surface area contributed by atoms with Gasteiger partial charge < -0.3 is 10.6 Å². The predicted molar refractivity (Wildman–Crippen MR) is 114 cm³/mol. The zero-order valence-electron chi connectivity index (χ0n) is 16.9. The Bertz CT molecular complexity index is 898. The van der Waals surface area contributed by atoms with E-state index in [1.165, 1.54) is 11.8 Å². The van der Waals surface area contributed by atoms with Crippen molar-refractivity contribution in [1.29, 1.82) is 5.26 Å². The number of piperidine rings is 1. The van der Waals surface area contributed by atoms with Gasteiger partial charge in [-0.3, -0.25) is 4.79 Å². The standard InChI is InChI=1S/C23H27N3OS/c1-22(2)13-17(14-23(3,4)26-22)25-21(27)18-10-6-8-12-20(18)28-19-11-7-5-9-16(19)15-24/h5-12,17,26H,13-14H2,1-4H3,(H,25,27). The predicted octanol–water partition coefficient (Wildman–Crippen LogP) is 4.75. The van der Waals surface area contributed by atoms with Gasteiger partial charge in [0.1, 0.15) is 6.07 Å². The van der Waals surface area contributed by atoms with Gasteiger partial charge in [-0.25, -0.2) is 0 Å². The first-order valence-electron chi connectivity index (χ1n) is 9.55. The van der Waals surface area contributed by atoms with E-state index < -0.39 is 0 Å². The van der Waals surface area contributed by atoms with Crippen molar-refractivity contribution in [2.24, 2.45) is 0 Å². The van der Waals surface area contributed by atoms with Gasteiger partial charge in [-0.2, -0.15) is 5.26 Å². The molecular formula is C23H27N3OS. The van der Waals surface area contributed by atoms with E-state index in [2.05, 4.69) is 44.4 Å². The molecule has 0 atom stereocenters. The molecule has 1 aliphatic heterocycles. The number of benzene rings is 2. The topological polar surface area (TPSA) is 64.9 Å². The van der Waals surface area contributed by atoms with Gasteiger partial charge >= 0.3 is 0 Å². The summed E-state index contributed by atoms with van der Waals surface area (Å²) >= 11 is 1.46. The van der Waals surface area contributed by atoms with Crippen molar-refractivity contribution in [3.63, 3.8) is 0 Å². The van der Waals surface area contributed by atoms with E-state index in [-0.39, 0.29) is 23.0 Å². The minimum Gasteiger partial charge on any atom is -0.349 e. The van der Waals surface area contributed by atoms with Crippen LogP contribution in [0.5, 0.6) is 0 Å². The summed E-state index contributed by atoms with van der Waals surface area (Å²) in [6.07, 6.45) is 1.77. The van der Waals surface area contributed by atoms with Crippen LogP contribution in [0.2, 0.25) is 0 Å². The minimum absolute atomic E-state index is 0.0281. The van der Waals surface area contributed by atoms with Gasteiger partial charge in [-0.05, 0) is 64.8 Å². The molecule has 0 aromatic heterocycles. The molecule has 5 heteroatoms. The summed E-state index contributed by atoms with van der Waals surface area (Å²) in [5.74, 6) is -0.0592. The Balaban J connectivity index is 1.81. The van der Waals surface area contributed by atoms with Crippen molar-refractivity contribution in [2.45, 2.75) is 67.4 Å². The molecule has 1 fully saturated rings. The maximum Gasteiger partial charge on any atom is 0.252 e. The molecule has 0 bridgehead atoms. The summed E-state index contributed by atoms with van der Waals surface area (Å²) in [6.45, 7) is 8.71. The van der Waals surface area contributed by atoms with Gasteiger partial charge in [0.2, 0.25) is 0 Å². The molecule has 2 aromatic rings. The van der Waals surface area contributed by atoms with Gasteiger partial charge in [-0.1, -0.05) is 36.0 Å². The number of carbonyl (C=O) groups is 1. The Morgan fingerprint density at radius 1 is 1.04 bits per heavy atom. The molecule has 0 saturated carbocycles. The van der Waals surface area contributed by atoms with E-state index in [1.54, 1.807) is 6.07 Å². The molecular weight excluding hydrogens is 366 g/mol. The van der Waals surface area contributed by atoms with Gasteiger partial charge in [0.15, 0.2) is 0 Å². The maximum atomic E-state index is 13.1. The molecule has 4 nitrogen and oxygen atoms in total. The summed E-state index contributed by atoms with van der Waals surface area (Å²) in [6, 6.07) is 17.4. The highest BCUT2D eigenvalue weighted by Gasteiger charge is 2.38. The molecule has 2 aromatic carbocycles. The fourth-order valence-corrected chi connectivity index (χ4v) is 5.22. The molecule has 0 unspecified atom stereocenters. The highest BCUT2D eigenvalue weighted by Crippen LogP contribution is 2.33. The number of nitrogens with one attached hydrogen (secondary N) is 2. The molecule has 3 rings (SSSR count). The molecule has 1 saturated heterocycles. The first-order valence-corrected chi connectivity index (χ1v) is 10.4. The lowest BCUT2D eigenvalue weighted by molar-refractivity contribution is 0.0870. The largest absolute Gasteiger partial charge is 0.349 e. The molecule has 0 radical (unpaired) electrons. The SMILES string of the molecule is CC1(C)CC(NC(=O)c2ccccc2Sc2ccccc2C#N)CC(C)(C)N1. The fourth-order valence-electron chi connectivity index (χ4n) is 4.20. The maximum absolute atomic E-state index is 13.1. The van der Waals surface area contributed by atoms with Crippen LogP contribution in [0, 0.1) is 11.3 Å². The van der Waals surface area contributed by atoms with Crippen molar-refractivity contribution >= 4 is 17.7 Å². The van der Waals surface area contributed by atoms with Crippen LogP contribution in [0.4, 0.5) is 0 Å². The molecule has 28 heavy (non-hydrogen) atoms. The van der Waals surface area contributed by atoms with E-state index in [1.807, 2.05) is 42.5 Å². The number of amides is 1. The quantitative estimate of drug-likeness (QED) is 0.787. The zero-order chi connectivity index (χ0) is 20.4.